The predicted octanol–water partition coefficient (Wildman–Crippen LogP) is 2.68. The highest BCUT2D eigenvalue weighted by molar-refractivity contribution is 7.89. The molecule has 0 amide bonds. The third kappa shape index (κ3) is 2.80. The molecule has 0 spiro atoms. The molecule has 0 saturated carbocycles. The molecule has 0 radical (unpaired) electrons. The van der Waals surface area contributed by atoms with E-state index in [0.29, 0.717) is 10.9 Å². The van der Waals surface area contributed by atoms with Crippen molar-refractivity contribution in [2.45, 2.75) is 10.9 Å². The van der Waals surface area contributed by atoms with Crippen LogP contribution in [0.15, 0.2) is 11.0 Å². The highest BCUT2D eigenvalue weighted by Crippen LogP contribution is 2.36. The number of nitrogens with zero attached hydrogens (tertiary/aromatic N) is 1. The van der Waals surface area contributed by atoms with Crippen LogP contribution in [0.25, 0.3) is 0 Å². The van der Waals surface area contributed by atoms with Crippen molar-refractivity contribution in [3.8, 4) is 0 Å². The van der Waals surface area contributed by atoms with Crippen molar-refractivity contribution < 1.29 is 13.2 Å². The molecule has 1 aliphatic rings. The fraction of sp³-hybridized carbons (Fsp3) is 0.556. The van der Waals surface area contributed by atoms with Crippen LogP contribution in [0.4, 0.5) is 0 Å². The average Bonchev–Trinajstić information content (AvgIpc) is 2.69. The fourth-order valence-corrected chi connectivity index (χ4v) is 5.75. The Morgan fingerprint density at radius 2 is 2.22 bits per heavy atom. The molecule has 2 heterocycles. The van der Waals surface area contributed by atoms with Gasteiger partial charge in [0.15, 0.2) is 0 Å². The van der Waals surface area contributed by atoms with Crippen LogP contribution in [0.5, 0.6) is 0 Å². The number of thiophene rings is 1. The summed E-state index contributed by atoms with van der Waals surface area (Å²) in [5.74, 6) is 0.175. The maximum absolute atomic E-state index is 12.5. The summed E-state index contributed by atoms with van der Waals surface area (Å²) in [4.78, 5) is 0.0381. The summed E-state index contributed by atoms with van der Waals surface area (Å²) in [6, 6.07) is 0.991. The molecule has 0 aliphatic carbocycles. The van der Waals surface area contributed by atoms with Gasteiger partial charge in [0, 0.05) is 12.4 Å². The molecule has 0 N–H and O–H groups in total. The third-order valence-corrected chi connectivity index (χ3v) is 6.62. The Morgan fingerprint density at radius 3 is 2.78 bits per heavy atom. The number of halogens is 3. The van der Waals surface area contributed by atoms with E-state index in [0.717, 1.165) is 11.3 Å². The first-order valence-corrected chi connectivity index (χ1v) is 8.62. The predicted molar refractivity (Wildman–Crippen MR) is 73.6 cm³/mol. The van der Waals surface area contributed by atoms with Crippen LogP contribution in [-0.2, 0) is 14.8 Å². The summed E-state index contributed by atoms with van der Waals surface area (Å²) in [7, 11) is -3.67. The standard InChI is InChI=1S/C9H10Cl3NO3S2/c10-4-6-5-16-2-1-13(6)18(14,15)7-3-8(11)17-9(7)12/h3,6H,1-2,4-5H2. The summed E-state index contributed by atoms with van der Waals surface area (Å²) in [5.41, 5.74) is 0. The zero-order valence-electron chi connectivity index (χ0n) is 9.11. The Labute approximate surface area is 124 Å². The second kappa shape index (κ2) is 5.83. The smallest absolute Gasteiger partial charge is 0.245 e. The molecule has 1 unspecified atom stereocenters. The first-order valence-electron chi connectivity index (χ1n) is 5.07. The summed E-state index contributed by atoms with van der Waals surface area (Å²) in [5, 5.41) is 0. The quantitative estimate of drug-likeness (QED) is 0.787. The zero-order chi connectivity index (χ0) is 13.3. The minimum absolute atomic E-state index is 0.0381. The van der Waals surface area contributed by atoms with Crippen LogP contribution in [0.2, 0.25) is 8.67 Å². The van der Waals surface area contributed by atoms with Crippen molar-refractivity contribution >= 4 is 56.2 Å². The topological polar surface area (TPSA) is 46.6 Å². The maximum atomic E-state index is 12.5. The second-order valence-corrected chi connectivity index (χ2v) is 8.14. The minimum atomic E-state index is -3.67. The molecule has 1 fully saturated rings. The van der Waals surface area contributed by atoms with Crippen LogP contribution < -0.4 is 0 Å². The molecule has 0 aromatic carbocycles. The molecule has 1 atom stereocenters. The number of hydrogen-bond acceptors (Lipinski definition) is 4. The van der Waals surface area contributed by atoms with E-state index >= 15 is 0 Å². The lowest BCUT2D eigenvalue weighted by atomic mass is 10.3. The van der Waals surface area contributed by atoms with E-state index in [1.807, 2.05) is 0 Å². The summed E-state index contributed by atoms with van der Waals surface area (Å²) >= 11 is 18.5. The van der Waals surface area contributed by atoms with Crippen LogP contribution in [0.1, 0.15) is 0 Å². The highest BCUT2D eigenvalue weighted by atomic mass is 35.5. The third-order valence-electron chi connectivity index (χ3n) is 2.56. The van der Waals surface area contributed by atoms with Crippen molar-refractivity contribution in [2.75, 3.05) is 25.6 Å². The summed E-state index contributed by atoms with van der Waals surface area (Å²) in [6.45, 7) is 0.907. The lowest BCUT2D eigenvalue weighted by Gasteiger charge is -2.33. The molecule has 1 aliphatic heterocycles. The first-order chi connectivity index (χ1) is 8.46. The normalized spacial score (nSPS) is 22.3. The van der Waals surface area contributed by atoms with E-state index in [1.54, 1.807) is 0 Å². The second-order valence-electron chi connectivity index (χ2n) is 3.69. The van der Waals surface area contributed by atoms with Gasteiger partial charge in [-0.3, -0.25) is 0 Å². The molecule has 2 rings (SSSR count). The molecule has 102 valence electrons. The Bertz CT molecular complexity index is 531. The number of morpholine rings is 1. The van der Waals surface area contributed by atoms with Crippen LogP contribution in [0.3, 0.4) is 0 Å². The molecule has 1 aromatic rings. The zero-order valence-corrected chi connectivity index (χ0v) is 13.0. The van der Waals surface area contributed by atoms with Gasteiger partial charge in [-0.15, -0.1) is 22.9 Å². The molecule has 4 nitrogen and oxygen atoms in total. The number of hydrogen-bond donors (Lipinski definition) is 0. The molecule has 0 bridgehead atoms. The molecular formula is C9H10Cl3NO3S2. The van der Waals surface area contributed by atoms with Gasteiger partial charge >= 0.3 is 0 Å². The summed E-state index contributed by atoms with van der Waals surface area (Å²) < 4.78 is 32.0. The van der Waals surface area contributed by atoms with Gasteiger partial charge in [0.05, 0.1) is 23.6 Å². The van der Waals surface area contributed by atoms with E-state index in [4.69, 9.17) is 39.5 Å². The van der Waals surface area contributed by atoms with Crippen molar-refractivity contribution in [2.24, 2.45) is 0 Å². The van der Waals surface area contributed by atoms with Crippen molar-refractivity contribution in [3.05, 3.63) is 14.7 Å². The van der Waals surface area contributed by atoms with Crippen LogP contribution in [-0.4, -0.2) is 44.4 Å². The molecule has 18 heavy (non-hydrogen) atoms. The SMILES string of the molecule is O=S(=O)(c1cc(Cl)sc1Cl)N1CCOCC1CCl. The Kier molecular flexibility index (Phi) is 4.80. The van der Waals surface area contributed by atoms with E-state index in [2.05, 4.69) is 0 Å². The van der Waals surface area contributed by atoms with Gasteiger partial charge < -0.3 is 4.74 Å². The monoisotopic (exact) mass is 349 g/mol. The lowest BCUT2D eigenvalue weighted by Crippen LogP contribution is -2.49. The highest BCUT2D eigenvalue weighted by Gasteiger charge is 2.35. The molecular weight excluding hydrogens is 341 g/mol. The van der Waals surface area contributed by atoms with Gasteiger partial charge in [-0.25, -0.2) is 8.42 Å². The molecule has 1 saturated heterocycles. The van der Waals surface area contributed by atoms with Gasteiger partial charge in [-0.2, -0.15) is 4.31 Å². The number of sulfonamides is 1. The van der Waals surface area contributed by atoms with Gasteiger partial charge in [0.1, 0.15) is 9.23 Å². The number of alkyl halides is 1. The van der Waals surface area contributed by atoms with Gasteiger partial charge in [0.2, 0.25) is 10.0 Å². The Balaban J connectivity index is 2.38. The van der Waals surface area contributed by atoms with E-state index in [1.165, 1.54) is 10.4 Å². The molecule has 9 heteroatoms. The number of rotatable bonds is 3. The van der Waals surface area contributed by atoms with Crippen molar-refractivity contribution in [3.63, 3.8) is 0 Å². The minimum Gasteiger partial charge on any atom is -0.378 e. The van der Waals surface area contributed by atoms with E-state index in [9.17, 15) is 8.42 Å². The van der Waals surface area contributed by atoms with Gasteiger partial charge in [-0.1, -0.05) is 23.2 Å². The maximum Gasteiger partial charge on any atom is 0.245 e. The largest absolute Gasteiger partial charge is 0.378 e. The van der Waals surface area contributed by atoms with E-state index < -0.39 is 10.0 Å². The average molecular weight is 351 g/mol. The fourth-order valence-electron chi connectivity index (χ4n) is 1.70. The Morgan fingerprint density at radius 1 is 1.50 bits per heavy atom. The van der Waals surface area contributed by atoms with Crippen molar-refractivity contribution in [1.29, 1.82) is 0 Å². The van der Waals surface area contributed by atoms with Crippen LogP contribution in [0, 0.1) is 0 Å². The number of ether oxygens (including phenoxy) is 1. The molecule has 1 aromatic heterocycles. The van der Waals surface area contributed by atoms with Crippen LogP contribution >= 0.6 is 46.1 Å². The van der Waals surface area contributed by atoms with Crippen molar-refractivity contribution in [1.82, 2.24) is 4.31 Å². The van der Waals surface area contributed by atoms with Gasteiger partial charge in [0.25, 0.3) is 0 Å². The first kappa shape index (κ1) is 14.8. The summed E-state index contributed by atoms with van der Waals surface area (Å²) in [6.07, 6.45) is 0. The van der Waals surface area contributed by atoms with E-state index in [-0.39, 0.29) is 34.3 Å². The lowest BCUT2D eigenvalue weighted by molar-refractivity contribution is 0.0405. The van der Waals surface area contributed by atoms with Gasteiger partial charge in [-0.05, 0) is 6.07 Å². The Hall–Kier alpha value is 0.440.